The number of benzene rings is 1. The first-order valence-corrected chi connectivity index (χ1v) is 6.78. The average Bonchev–Trinajstić information content (AvgIpc) is 3.00. The van der Waals surface area contributed by atoms with E-state index in [1.54, 1.807) is 6.07 Å². The number of para-hydroxylation sites is 2. The van der Waals surface area contributed by atoms with E-state index in [9.17, 15) is 0 Å². The highest BCUT2D eigenvalue weighted by Gasteiger charge is 2.22. The van der Waals surface area contributed by atoms with Crippen LogP contribution in [-0.2, 0) is 0 Å². The van der Waals surface area contributed by atoms with Crippen molar-refractivity contribution in [1.82, 2.24) is 20.4 Å². The maximum Gasteiger partial charge on any atom is 0.207 e. The lowest BCUT2D eigenvalue weighted by atomic mass is 10.2. The predicted molar refractivity (Wildman–Crippen MR) is 77.9 cm³/mol. The Kier molecular flexibility index (Phi) is 2.92. The van der Waals surface area contributed by atoms with Crippen LogP contribution in [0.5, 0.6) is 17.2 Å². The van der Waals surface area contributed by atoms with Crippen molar-refractivity contribution in [3.05, 3.63) is 30.3 Å². The molecule has 8 nitrogen and oxygen atoms in total. The highest BCUT2D eigenvalue weighted by molar-refractivity contribution is 5.78. The zero-order valence-electron chi connectivity index (χ0n) is 11.5. The molecule has 1 aliphatic heterocycles. The first kappa shape index (κ1) is 12.7. The van der Waals surface area contributed by atoms with E-state index >= 15 is 0 Å². The number of H-pyrrole nitrogens is 1. The van der Waals surface area contributed by atoms with Gasteiger partial charge in [0.1, 0.15) is 19.0 Å². The van der Waals surface area contributed by atoms with Gasteiger partial charge in [-0.2, -0.15) is 10.3 Å². The summed E-state index contributed by atoms with van der Waals surface area (Å²) in [6.07, 6.45) is -0.216. The Morgan fingerprint density at radius 1 is 1.27 bits per heavy atom. The molecule has 3 aromatic rings. The Morgan fingerprint density at radius 2 is 2.14 bits per heavy atom. The summed E-state index contributed by atoms with van der Waals surface area (Å²) in [6, 6.07) is 9.15. The second-order valence-electron chi connectivity index (χ2n) is 4.85. The molecule has 0 fully saturated rings. The molecule has 1 aliphatic rings. The van der Waals surface area contributed by atoms with Crippen molar-refractivity contribution in [3.63, 3.8) is 0 Å². The van der Waals surface area contributed by atoms with Crippen LogP contribution < -0.4 is 19.9 Å². The zero-order chi connectivity index (χ0) is 14.9. The van der Waals surface area contributed by atoms with Crippen LogP contribution in [0.2, 0.25) is 0 Å². The molecule has 0 aliphatic carbocycles. The van der Waals surface area contributed by atoms with Crippen LogP contribution in [0.3, 0.4) is 0 Å². The molecule has 8 heteroatoms. The quantitative estimate of drug-likeness (QED) is 0.746. The SMILES string of the molecule is Nc1cc(OCC2COc3ccccc3O2)c2n[nH]nc2n1. The van der Waals surface area contributed by atoms with Crippen LogP contribution in [-0.4, -0.2) is 39.7 Å². The van der Waals surface area contributed by atoms with Crippen molar-refractivity contribution in [1.29, 1.82) is 0 Å². The van der Waals surface area contributed by atoms with Gasteiger partial charge in [0.15, 0.2) is 28.9 Å². The van der Waals surface area contributed by atoms with Gasteiger partial charge in [0, 0.05) is 6.07 Å². The van der Waals surface area contributed by atoms with Crippen LogP contribution in [0.25, 0.3) is 11.2 Å². The van der Waals surface area contributed by atoms with Gasteiger partial charge in [-0.15, -0.1) is 5.10 Å². The molecule has 2 aromatic heterocycles. The Hall–Kier alpha value is -3.03. The number of nitrogens with one attached hydrogen (secondary N) is 1. The van der Waals surface area contributed by atoms with Gasteiger partial charge >= 0.3 is 0 Å². The summed E-state index contributed by atoms with van der Waals surface area (Å²) in [5.74, 6) is 2.29. The maximum atomic E-state index is 5.84. The Bertz CT molecular complexity index is 819. The van der Waals surface area contributed by atoms with Crippen LogP contribution in [0.15, 0.2) is 30.3 Å². The zero-order valence-corrected chi connectivity index (χ0v) is 11.5. The van der Waals surface area contributed by atoms with Gasteiger partial charge in [0.2, 0.25) is 5.65 Å². The Balaban J connectivity index is 1.50. The van der Waals surface area contributed by atoms with Gasteiger partial charge in [0.25, 0.3) is 0 Å². The summed E-state index contributed by atoms with van der Waals surface area (Å²) < 4.78 is 17.2. The van der Waals surface area contributed by atoms with Gasteiger partial charge in [-0.05, 0) is 12.1 Å². The lowest BCUT2D eigenvalue weighted by molar-refractivity contribution is 0.0539. The van der Waals surface area contributed by atoms with Gasteiger partial charge < -0.3 is 19.9 Å². The van der Waals surface area contributed by atoms with E-state index in [2.05, 4.69) is 20.4 Å². The van der Waals surface area contributed by atoms with E-state index in [0.29, 0.717) is 41.7 Å². The molecule has 0 radical (unpaired) electrons. The highest BCUT2D eigenvalue weighted by Crippen LogP contribution is 2.31. The van der Waals surface area contributed by atoms with Crippen LogP contribution in [0.4, 0.5) is 5.82 Å². The number of nitrogens with zero attached hydrogens (tertiary/aromatic N) is 3. The normalized spacial score (nSPS) is 16.6. The monoisotopic (exact) mass is 299 g/mol. The van der Waals surface area contributed by atoms with Crippen molar-refractivity contribution >= 4 is 17.0 Å². The first-order chi connectivity index (χ1) is 10.8. The fourth-order valence-corrected chi connectivity index (χ4v) is 2.26. The minimum atomic E-state index is -0.216. The molecule has 3 N–H and O–H groups in total. The van der Waals surface area contributed by atoms with E-state index in [1.165, 1.54) is 0 Å². The number of fused-ring (bicyclic) bond motifs is 2. The molecule has 0 bridgehead atoms. The second kappa shape index (κ2) is 5.06. The summed E-state index contributed by atoms with van der Waals surface area (Å²) in [5.41, 5.74) is 6.68. The molecule has 0 saturated carbocycles. The van der Waals surface area contributed by atoms with Gasteiger partial charge in [0.05, 0.1) is 0 Å². The Morgan fingerprint density at radius 3 is 3.05 bits per heavy atom. The van der Waals surface area contributed by atoms with E-state index in [-0.39, 0.29) is 6.10 Å². The highest BCUT2D eigenvalue weighted by atomic mass is 16.6. The Labute approximate surface area is 125 Å². The maximum absolute atomic E-state index is 5.84. The lowest BCUT2D eigenvalue weighted by Gasteiger charge is -2.26. The van der Waals surface area contributed by atoms with Crippen molar-refractivity contribution < 1.29 is 14.2 Å². The minimum Gasteiger partial charge on any atom is -0.487 e. The van der Waals surface area contributed by atoms with Gasteiger partial charge in [-0.3, -0.25) is 0 Å². The third-order valence-electron chi connectivity index (χ3n) is 3.27. The third kappa shape index (κ3) is 2.24. The number of hydrogen-bond acceptors (Lipinski definition) is 7. The number of rotatable bonds is 3. The summed E-state index contributed by atoms with van der Waals surface area (Å²) >= 11 is 0. The summed E-state index contributed by atoms with van der Waals surface area (Å²) in [6.45, 7) is 0.722. The largest absolute Gasteiger partial charge is 0.487 e. The number of aromatic amines is 1. The minimum absolute atomic E-state index is 0.216. The number of ether oxygens (including phenoxy) is 3. The number of nitrogen functional groups attached to an aromatic ring is 1. The van der Waals surface area contributed by atoms with Gasteiger partial charge in [-0.1, -0.05) is 12.1 Å². The summed E-state index contributed by atoms with van der Waals surface area (Å²) in [7, 11) is 0. The number of hydrogen-bond donors (Lipinski definition) is 2. The molecule has 1 aromatic carbocycles. The van der Waals surface area contributed by atoms with E-state index in [0.717, 1.165) is 5.75 Å². The van der Waals surface area contributed by atoms with E-state index < -0.39 is 0 Å². The number of pyridine rings is 1. The smallest absolute Gasteiger partial charge is 0.207 e. The van der Waals surface area contributed by atoms with Crippen LogP contribution in [0, 0.1) is 0 Å². The lowest BCUT2D eigenvalue weighted by Crippen LogP contribution is -2.34. The molecule has 1 atom stereocenters. The van der Waals surface area contributed by atoms with E-state index in [4.69, 9.17) is 19.9 Å². The van der Waals surface area contributed by atoms with Crippen LogP contribution in [0.1, 0.15) is 0 Å². The molecule has 1 unspecified atom stereocenters. The summed E-state index contributed by atoms with van der Waals surface area (Å²) in [4.78, 5) is 4.06. The number of aromatic nitrogens is 4. The standard InChI is InChI=1S/C14H13N5O3/c15-12-5-11(13-14(16-12)18-19-17-13)21-7-8-6-20-9-3-1-2-4-10(9)22-8/h1-5,8H,6-7H2,(H3,15,16,17,18,19). The molecular formula is C14H13N5O3. The van der Waals surface area contributed by atoms with Crippen molar-refractivity contribution in [2.75, 3.05) is 18.9 Å². The number of anilines is 1. The van der Waals surface area contributed by atoms with E-state index in [1.807, 2.05) is 24.3 Å². The fourth-order valence-electron chi connectivity index (χ4n) is 2.26. The fraction of sp³-hybridized carbons (Fsp3) is 0.214. The second-order valence-corrected chi connectivity index (χ2v) is 4.85. The molecule has 0 amide bonds. The molecule has 0 saturated heterocycles. The molecule has 0 spiro atoms. The summed E-state index contributed by atoms with van der Waals surface area (Å²) in [5, 5.41) is 10.4. The first-order valence-electron chi connectivity index (χ1n) is 6.78. The third-order valence-corrected chi connectivity index (χ3v) is 3.27. The van der Waals surface area contributed by atoms with Crippen molar-refractivity contribution in [3.8, 4) is 17.2 Å². The molecule has 112 valence electrons. The molecule has 22 heavy (non-hydrogen) atoms. The predicted octanol–water partition coefficient (Wildman–Crippen LogP) is 1.15. The van der Waals surface area contributed by atoms with Gasteiger partial charge in [-0.25, -0.2) is 4.98 Å². The molecular weight excluding hydrogens is 286 g/mol. The molecule has 4 rings (SSSR count). The van der Waals surface area contributed by atoms with Crippen molar-refractivity contribution in [2.24, 2.45) is 0 Å². The van der Waals surface area contributed by atoms with Crippen LogP contribution >= 0.6 is 0 Å². The van der Waals surface area contributed by atoms with Crippen molar-refractivity contribution in [2.45, 2.75) is 6.10 Å². The molecule has 3 heterocycles. The topological polar surface area (TPSA) is 108 Å². The average molecular weight is 299 g/mol. The number of nitrogens with two attached hydrogens (primary N) is 1.